The topological polar surface area (TPSA) is 67.9 Å². The third-order valence-electron chi connectivity index (χ3n) is 7.63. The van der Waals surface area contributed by atoms with Crippen molar-refractivity contribution in [1.82, 2.24) is 10.2 Å². The van der Waals surface area contributed by atoms with Gasteiger partial charge >= 0.3 is 7.12 Å². The summed E-state index contributed by atoms with van der Waals surface area (Å²) in [6.45, 7) is 11.1. The average molecular weight is 521 g/mol. The Kier molecular flexibility index (Phi) is 11.0. The van der Waals surface area contributed by atoms with E-state index in [0.29, 0.717) is 19.5 Å². The number of carbonyl (C=O) groups excluding carboxylic acids is 2. The lowest BCUT2D eigenvalue weighted by Gasteiger charge is -2.32. The Balaban J connectivity index is 1.75. The quantitative estimate of drug-likeness (QED) is 0.242. The van der Waals surface area contributed by atoms with Crippen LogP contribution in [0.1, 0.15) is 90.7 Å². The molecular weight excluding hydrogens is 475 g/mol. The molecule has 206 valence electrons. The fourth-order valence-corrected chi connectivity index (χ4v) is 4.59. The second kappa shape index (κ2) is 14.0. The summed E-state index contributed by atoms with van der Waals surface area (Å²) in [5.41, 5.74) is 0.995. The highest BCUT2D eigenvalue weighted by atomic mass is 16.7. The van der Waals surface area contributed by atoms with E-state index in [0.717, 1.165) is 30.4 Å². The SMILES string of the molecule is CCCCCCCC(=O)N[C@H](CC(=O)N(Cc1ccccc1)Cc1ccccc1)B1OC(C)(C)C(C)(C)O1. The zero-order valence-corrected chi connectivity index (χ0v) is 23.9. The molecule has 0 aliphatic carbocycles. The van der Waals surface area contributed by atoms with E-state index < -0.39 is 24.3 Å². The number of hydrogen-bond donors (Lipinski definition) is 1. The molecule has 2 amide bonds. The lowest BCUT2D eigenvalue weighted by molar-refractivity contribution is -0.133. The van der Waals surface area contributed by atoms with Crippen LogP contribution >= 0.6 is 0 Å². The first kappa shape index (κ1) is 29.9. The standard InChI is InChI=1S/C31H45BN2O4/c1-6-7-8-9-16-21-28(35)33-27(32-37-30(2,3)31(4,5)38-32)22-29(36)34(23-25-17-12-10-13-18-25)24-26-19-14-11-15-20-26/h10-15,17-20,27H,6-9,16,21-24H2,1-5H3,(H,33,35)/t27-/m1/s1. The van der Waals surface area contributed by atoms with Crippen LogP contribution in [0.4, 0.5) is 0 Å². The van der Waals surface area contributed by atoms with Crippen LogP contribution < -0.4 is 5.32 Å². The molecule has 38 heavy (non-hydrogen) atoms. The molecule has 3 rings (SSSR count). The van der Waals surface area contributed by atoms with Crippen LogP contribution in [0.3, 0.4) is 0 Å². The van der Waals surface area contributed by atoms with Gasteiger partial charge in [0.05, 0.1) is 17.1 Å². The number of nitrogens with zero attached hydrogens (tertiary/aromatic N) is 1. The van der Waals surface area contributed by atoms with E-state index in [-0.39, 0.29) is 18.2 Å². The van der Waals surface area contributed by atoms with Crippen molar-refractivity contribution in [1.29, 1.82) is 0 Å². The zero-order chi connectivity index (χ0) is 27.6. The Morgan fingerprint density at radius 2 is 1.32 bits per heavy atom. The van der Waals surface area contributed by atoms with Gasteiger partial charge in [-0.3, -0.25) is 9.59 Å². The lowest BCUT2D eigenvalue weighted by atomic mass is 9.75. The Morgan fingerprint density at radius 3 is 1.82 bits per heavy atom. The Morgan fingerprint density at radius 1 is 0.816 bits per heavy atom. The molecule has 1 N–H and O–H groups in total. The van der Waals surface area contributed by atoms with Crippen LogP contribution in [-0.4, -0.2) is 41.0 Å². The number of nitrogens with one attached hydrogen (secondary N) is 1. The monoisotopic (exact) mass is 520 g/mol. The minimum absolute atomic E-state index is 0.0549. The van der Waals surface area contributed by atoms with Crippen molar-refractivity contribution in [2.75, 3.05) is 0 Å². The third kappa shape index (κ3) is 8.70. The molecule has 2 aromatic carbocycles. The smallest absolute Gasteiger partial charge is 0.402 e. The minimum Gasteiger partial charge on any atom is -0.402 e. The number of amides is 2. The molecule has 0 aromatic heterocycles. The number of hydrogen-bond acceptors (Lipinski definition) is 4. The van der Waals surface area contributed by atoms with Crippen molar-refractivity contribution < 1.29 is 18.9 Å². The molecule has 6 nitrogen and oxygen atoms in total. The molecule has 1 aliphatic rings. The third-order valence-corrected chi connectivity index (χ3v) is 7.63. The molecule has 0 saturated carbocycles. The first-order valence-electron chi connectivity index (χ1n) is 14.1. The molecule has 1 saturated heterocycles. The molecule has 0 spiro atoms. The van der Waals surface area contributed by atoms with Crippen molar-refractivity contribution in [3.63, 3.8) is 0 Å². The van der Waals surface area contributed by atoms with Gasteiger partial charge in [0.25, 0.3) is 0 Å². The second-order valence-electron chi connectivity index (χ2n) is 11.4. The van der Waals surface area contributed by atoms with Crippen LogP contribution in [0.2, 0.25) is 0 Å². The molecule has 1 atom stereocenters. The first-order chi connectivity index (χ1) is 18.1. The summed E-state index contributed by atoms with van der Waals surface area (Å²) in [7, 11) is -0.705. The van der Waals surface area contributed by atoms with Crippen molar-refractivity contribution in [2.24, 2.45) is 0 Å². The molecule has 0 radical (unpaired) electrons. The van der Waals surface area contributed by atoms with Crippen LogP contribution in [0.5, 0.6) is 0 Å². The molecule has 1 heterocycles. The van der Waals surface area contributed by atoms with Gasteiger partial charge in [-0.2, -0.15) is 0 Å². The van der Waals surface area contributed by atoms with Gasteiger partial charge in [0.1, 0.15) is 0 Å². The highest BCUT2D eigenvalue weighted by Gasteiger charge is 2.54. The van der Waals surface area contributed by atoms with Crippen LogP contribution in [0, 0.1) is 0 Å². The van der Waals surface area contributed by atoms with E-state index in [9.17, 15) is 9.59 Å². The summed E-state index contributed by atoms with van der Waals surface area (Å²) in [5, 5.41) is 3.10. The van der Waals surface area contributed by atoms with Crippen LogP contribution in [0.15, 0.2) is 60.7 Å². The summed E-state index contributed by atoms with van der Waals surface area (Å²) in [6.07, 6.45) is 5.89. The Bertz CT molecular complexity index is 956. The van der Waals surface area contributed by atoms with Crippen molar-refractivity contribution in [3.8, 4) is 0 Å². The zero-order valence-electron chi connectivity index (χ0n) is 23.9. The highest BCUT2D eigenvalue weighted by Crippen LogP contribution is 2.38. The average Bonchev–Trinajstić information content (AvgIpc) is 3.11. The van der Waals surface area contributed by atoms with E-state index in [1.54, 1.807) is 0 Å². The van der Waals surface area contributed by atoms with Gasteiger partial charge in [-0.15, -0.1) is 0 Å². The summed E-state index contributed by atoms with van der Waals surface area (Å²) < 4.78 is 12.6. The van der Waals surface area contributed by atoms with Gasteiger partial charge in [0, 0.05) is 25.9 Å². The molecular formula is C31H45BN2O4. The summed E-state index contributed by atoms with van der Waals surface area (Å²) in [4.78, 5) is 28.6. The van der Waals surface area contributed by atoms with E-state index in [1.165, 1.54) is 12.8 Å². The number of carbonyl (C=O) groups is 2. The van der Waals surface area contributed by atoms with Gasteiger partial charge in [-0.1, -0.05) is 93.3 Å². The van der Waals surface area contributed by atoms with Crippen molar-refractivity contribution in [2.45, 2.75) is 110 Å². The van der Waals surface area contributed by atoms with Gasteiger partial charge in [-0.05, 0) is 45.2 Å². The predicted molar refractivity (Wildman–Crippen MR) is 153 cm³/mol. The first-order valence-corrected chi connectivity index (χ1v) is 14.1. The Hall–Kier alpha value is -2.64. The van der Waals surface area contributed by atoms with E-state index >= 15 is 0 Å². The normalized spacial score (nSPS) is 16.7. The highest BCUT2D eigenvalue weighted by molar-refractivity contribution is 6.48. The maximum absolute atomic E-state index is 13.8. The number of benzene rings is 2. The fourth-order valence-electron chi connectivity index (χ4n) is 4.59. The summed E-state index contributed by atoms with van der Waals surface area (Å²) in [5.74, 6) is -0.701. The van der Waals surface area contributed by atoms with Crippen molar-refractivity contribution >= 4 is 18.9 Å². The molecule has 0 unspecified atom stereocenters. The van der Waals surface area contributed by atoms with Crippen LogP contribution in [-0.2, 0) is 32.0 Å². The van der Waals surface area contributed by atoms with Crippen molar-refractivity contribution in [3.05, 3.63) is 71.8 Å². The fraction of sp³-hybridized carbons (Fsp3) is 0.548. The van der Waals surface area contributed by atoms with Crippen LogP contribution in [0.25, 0.3) is 0 Å². The van der Waals surface area contributed by atoms with Gasteiger partial charge in [-0.25, -0.2) is 0 Å². The van der Waals surface area contributed by atoms with E-state index in [4.69, 9.17) is 9.31 Å². The lowest BCUT2D eigenvalue weighted by Crippen LogP contribution is -2.50. The largest absolute Gasteiger partial charge is 0.482 e. The number of unbranched alkanes of at least 4 members (excludes halogenated alkanes) is 4. The maximum atomic E-state index is 13.8. The molecule has 1 fully saturated rings. The maximum Gasteiger partial charge on any atom is 0.482 e. The molecule has 0 bridgehead atoms. The second-order valence-corrected chi connectivity index (χ2v) is 11.4. The number of rotatable bonds is 14. The molecule has 2 aromatic rings. The van der Waals surface area contributed by atoms with E-state index in [2.05, 4.69) is 12.2 Å². The predicted octanol–water partition coefficient (Wildman–Crippen LogP) is 6.08. The van der Waals surface area contributed by atoms with Gasteiger partial charge in [0.2, 0.25) is 11.8 Å². The summed E-state index contributed by atoms with van der Waals surface area (Å²) in [6, 6.07) is 20.0. The minimum atomic E-state index is -0.705. The summed E-state index contributed by atoms with van der Waals surface area (Å²) >= 11 is 0. The van der Waals surface area contributed by atoms with Gasteiger partial charge < -0.3 is 19.5 Å². The molecule has 1 aliphatic heterocycles. The van der Waals surface area contributed by atoms with E-state index in [1.807, 2.05) is 93.3 Å². The Labute approximate surface area is 229 Å². The molecule has 7 heteroatoms. The van der Waals surface area contributed by atoms with Gasteiger partial charge in [0.15, 0.2) is 0 Å².